The van der Waals surface area contributed by atoms with Crippen LogP contribution in [0.1, 0.15) is 6.42 Å². The standard InChI is InChI=1S/C7H12N2O2S/c1-11-4-7(10)9-8-6-2-3-12-5-6/h2-5H2,1H3,(H,9,10)/b8-6-. The van der Waals surface area contributed by atoms with Gasteiger partial charge in [-0.3, -0.25) is 4.79 Å². The SMILES string of the molecule is COCC(=O)N/N=C1/CCSC1. The van der Waals surface area contributed by atoms with Crippen LogP contribution in [0, 0.1) is 0 Å². The summed E-state index contributed by atoms with van der Waals surface area (Å²) in [6, 6.07) is 0. The number of nitrogens with one attached hydrogen (secondary N) is 1. The summed E-state index contributed by atoms with van der Waals surface area (Å²) in [4.78, 5) is 10.8. The Hall–Kier alpha value is -0.550. The normalized spacial score (nSPS) is 19.9. The molecule has 1 fully saturated rings. The highest BCUT2D eigenvalue weighted by atomic mass is 32.2. The molecule has 1 rings (SSSR count). The summed E-state index contributed by atoms with van der Waals surface area (Å²) < 4.78 is 4.63. The molecule has 1 saturated heterocycles. The van der Waals surface area contributed by atoms with E-state index >= 15 is 0 Å². The Bertz CT molecular complexity index is 186. The van der Waals surface area contributed by atoms with Gasteiger partial charge in [-0.25, -0.2) is 5.43 Å². The van der Waals surface area contributed by atoms with E-state index in [0.717, 1.165) is 23.6 Å². The molecule has 1 N–H and O–H groups in total. The first-order chi connectivity index (χ1) is 5.83. The second-order valence-electron chi connectivity index (χ2n) is 2.45. The summed E-state index contributed by atoms with van der Waals surface area (Å²) in [6.07, 6.45) is 0.984. The van der Waals surface area contributed by atoms with Crippen LogP contribution in [-0.2, 0) is 9.53 Å². The molecule has 1 amide bonds. The highest BCUT2D eigenvalue weighted by molar-refractivity contribution is 8.00. The second kappa shape index (κ2) is 5.16. The summed E-state index contributed by atoms with van der Waals surface area (Å²) in [6.45, 7) is 0.0733. The van der Waals surface area contributed by atoms with Crippen LogP contribution >= 0.6 is 11.8 Å². The number of hydrogen-bond acceptors (Lipinski definition) is 4. The van der Waals surface area contributed by atoms with Gasteiger partial charge >= 0.3 is 0 Å². The van der Waals surface area contributed by atoms with Crippen molar-refractivity contribution in [2.75, 3.05) is 25.2 Å². The van der Waals surface area contributed by atoms with Crippen molar-refractivity contribution in [2.24, 2.45) is 5.10 Å². The predicted octanol–water partition coefficient (Wildman–Crippen LogP) is 0.242. The first-order valence-electron chi connectivity index (χ1n) is 3.74. The van der Waals surface area contributed by atoms with Crippen LogP contribution in [0.4, 0.5) is 0 Å². The third-order valence-corrected chi connectivity index (χ3v) is 2.45. The summed E-state index contributed by atoms with van der Waals surface area (Å²) in [5.74, 6) is 1.86. The van der Waals surface area contributed by atoms with Gasteiger partial charge in [-0.05, 0) is 12.2 Å². The Kier molecular flexibility index (Phi) is 4.10. The molecule has 68 valence electrons. The first kappa shape index (κ1) is 9.54. The summed E-state index contributed by atoms with van der Waals surface area (Å²) in [7, 11) is 1.48. The molecule has 0 aromatic carbocycles. The quantitative estimate of drug-likeness (QED) is 0.645. The van der Waals surface area contributed by atoms with Crippen molar-refractivity contribution < 1.29 is 9.53 Å². The monoisotopic (exact) mass is 188 g/mol. The van der Waals surface area contributed by atoms with Crippen molar-refractivity contribution in [2.45, 2.75) is 6.42 Å². The number of rotatable bonds is 3. The largest absolute Gasteiger partial charge is 0.375 e. The number of carbonyl (C=O) groups is 1. The van der Waals surface area contributed by atoms with E-state index in [2.05, 4.69) is 15.3 Å². The van der Waals surface area contributed by atoms with E-state index in [0.29, 0.717) is 0 Å². The molecular weight excluding hydrogens is 176 g/mol. The molecule has 0 radical (unpaired) electrons. The lowest BCUT2D eigenvalue weighted by Crippen LogP contribution is -2.23. The van der Waals surface area contributed by atoms with Crippen LogP contribution in [0.3, 0.4) is 0 Å². The zero-order chi connectivity index (χ0) is 8.81. The van der Waals surface area contributed by atoms with Crippen LogP contribution in [0.5, 0.6) is 0 Å². The van der Waals surface area contributed by atoms with Crippen LogP contribution < -0.4 is 5.43 Å². The lowest BCUT2D eigenvalue weighted by atomic mass is 10.3. The Morgan fingerprint density at radius 1 is 1.83 bits per heavy atom. The Balaban J connectivity index is 2.22. The minimum Gasteiger partial charge on any atom is -0.375 e. The number of hydrogen-bond donors (Lipinski definition) is 1. The summed E-state index contributed by atoms with van der Waals surface area (Å²) >= 11 is 1.83. The average molecular weight is 188 g/mol. The molecule has 0 unspecified atom stereocenters. The van der Waals surface area contributed by atoms with Crippen LogP contribution in [0.2, 0.25) is 0 Å². The van der Waals surface area contributed by atoms with Gasteiger partial charge in [-0.2, -0.15) is 16.9 Å². The number of ether oxygens (including phenoxy) is 1. The topological polar surface area (TPSA) is 50.7 Å². The van der Waals surface area contributed by atoms with E-state index in [1.165, 1.54) is 7.11 Å². The van der Waals surface area contributed by atoms with Crippen LogP contribution in [0.25, 0.3) is 0 Å². The van der Waals surface area contributed by atoms with E-state index in [1.54, 1.807) is 0 Å². The van der Waals surface area contributed by atoms with Crippen LogP contribution in [-0.4, -0.2) is 36.8 Å². The van der Waals surface area contributed by atoms with Gasteiger partial charge < -0.3 is 4.74 Å². The molecule has 0 aromatic heterocycles. The molecule has 1 aliphatic heterocycles. The van der Waals surface area contributed by atoms with Gasteiger partial charge in [0.05, 0.1) is 0 Å². The molecule has 0 atom stereocenters. The predicted molar refractivity (Wildman–Crippen MR) is 49.4 cm³/mol. The maximum Gasteiger partial charge on any atom is 0.266 e. The molecule has 1 heterocycles. The van der Waals surface area contributed by atoms with Crippen molar-refractivity contribution in [3.8, 4) is 0 Å². The van der Waals surface area contributed by atoms with E-state index in [9.17, 15) is 4.79 Å². The van der Waals surface area contributed by atoms with E-state index < -0.39 is 0 Å². The third-order valence-electron chi connectivity index (χ3n) is 1.42. The maximum atomic E-state index is 10.8. The maximum absolute atomic E-state index is 10.8. The van der Waals surface area contributed by atoms with Crippen molar-refractivity contribution in [3.05, 3.63) is 0 Å². The number of amides is 1. The molecule has 0 aliphatic carbocycles. The lowest BCUT2D eigenvalue weighted by Gasteiger charge is -1.98. The van der Waals surface area contributed by atoms with Gasteiger partial charge in [0.1, 0.15) is 6.61 Å². The molecule has 0 spiro atoms. The zero-order valence-corrected chi connectivity index (χ0v) is 7.82. The molecule has 0 bridgehead atoms. The number of thioether (sulfide) groups is 1. The fourth-order valence-corrected chi connectivity index (χ4v) is 1.81. The van der Waals surface area contributed by atoms with Crippen LogP contribution in [0.15, 0.2) is 5.10 Å². The van der Waals surface area contributed by atoms with Gasteiger partial charge in [0, 0.05) is 18.6 Å². The molecular formula is C7H12N2O2S. The van der Waals surface area contributed by atoms with Gasteiger partial charge in [0.15, 0.2) is 0 Å². The van der Waals surface area contributed by atoms with Gasteiger partial charge in [-0.1, -0.05) is 0 Å². The van der Waals surface area contributed by atoms with Crippen molar-refractivity contribution in [1.29, 1.82) is 0 Å². The lowest BCUT2D eigenvalue weighted by molar-refractivity contribution is -0.124. The van der Waals surface area contributed by atoms with E-state index in [-0.39, 0.29) is 12.5 Å². The fourth-order valence-electron chi connectivity index (χ4n) is 0.845. The number of hydrazone groups is 1. The van der Waals surface area contributed by atoms with Gasteiger partial charge in [-0.15, -0.1) is 0 Å². The Morgan fingerprint density at radius 3 is 3.25 bits per heavy atom. The number of carbonyl (C=O) groups excluding carboxylic acids is 1. The number of methoxy groups -OCH3 is 1. The van der Waals surface area contributed by atoms with E-state index in [1.807, 2.05) is 11.8 Å². The third kappa shape index (κ3) is 3.23. The second-order valence-corrected chi connectivity index (χ2v) is 3.55. The molecule has 5 heteroatoms. The van der Waals surface area contributed by atoms with Crippen molar-refractivity contribution in [3.63, 3.8) is 0 Å². The van der Waals surface area contributed by atoms with E-state index in [4.69, 9.17) is 0 Å². The van der Waals surface area contributed by atoms with Crippen molar-refractivity contribution in [1.82, 2.24) is 5.43 Å². The fraction of sp³-hybridized carbons (Fsp3) is 0.714. The number of nitrogens with zero attached hydrogens (tertiary/aromatic N) is 1. The molecule has 4 nitrogen and oxygen atoms in total. The van der Waals surface area contributed by atoms with Crippen molar-refractivity contribution >= 4 is 23.4 Å². The van der Waals surface area contributed by atoms with Gasteiger partial charge in [0.2, 0.25) is 0 Å². The Morgan fingerprint density at radius 2 is 2.67 bits per heavy atom. The highest BCUT2D eigenvalue weighted by Gasteiger charge is 2.08. The minimum absolute atomic E-state index is 0.0733. The smallest absolute Gasteiger partial charge is 0.266 e. The zero-order valence-electron chi connectivity index (χ0n) is 7.00. The molecule has 0 saturated carbocycles. The highest BCUT2D eigenvalue weighted by Crippen LogP contribution is 2.13. The summed E-state index contributed by atoms with van der Waals surface area (Å²) in [5, 5.41) is 3.96. The Labute approximate surface area is 75.7 Å². The van der Waals surface area contributed by atoms with Gasteiger partial charge in [0.25, 0.3) is 5.91 Å². The minimum atomic E-state index is -0.193. The molecule has 1 aliphatic rings. The summed E-state index contributed by atoms with van der Waals surface area (Å²) in [5.41, 5.74) is 3.50. The molecule has 12 heavy (non-hydrogen) atoms. The molecule has 0 aromatic rings. The first-order valence-corrected chi connectivity index (χ1v) is 4.89. The average Bonchev–Trinajstić information content (AvgIpc) is 2.53.